The van der Waals surface area contributed by atoms with E-state index < -0.39 is 0 Å². The molecule has 0 nitrogen and oxygen atoms in total. The standard InChI is InChI=1S/C17H32S/c1-12-9-10-13(11-14(12)15(2,3)4)16(5,6)17(7,8)18/h9,13-14,18H,10-11H2,1-8H3. The van der Waals surface area contributed by atoms with Gasteiger partial charge >= 0.3 is 0 Å². The second kappa shape index (κ2) is 4.89. The molecule has 2 unspecified atom stereocenters. The highest BCUT2D eigenvalue weighted by atomic mass is 32.1. The van der Waals surface area contributed by atoms with Gasteiger partial charge in [0.25, 0.3) is 0 Å². The summed E-state index contributed by atoms with van der Waals surface area (Å²) in [5.41, 5.74) is 2.22. The lowest BCUT2D eigenvalue weighted by molar-refractivity contribution is 0.104. The van der Waals surface area contributed by atoms with Crippen LogP contribution in [0.2, 0.25) is 0 Å². The second-order valence-corrected chi connectivity index (χ2v) is 9.43. The smallest absolute Gasteiger partial charge is 0.0127 e. The molecular weight excluding hydrogens is 236 g/mol. The van der Waals surface area contributed by atoms with Gasteiger partial charge in [0, 0.05) is 4.75 Å². The molecule has 0 heterocycles. The topological polar surface area (TPSA) is 0 Å². The molecule has 0 aromatic rings. The quantitative estimate of drug-likeness (QED) is 0.479. The number of rotatable bonds is 2. The van der Waals surface area contributed by atoms with E-state index in [2.05, 4.69) is 61.5 Å². The first-order chi connectivity index (χ1) is 7.87. The molecule has 2 atom stereocenters. The molecule has 0 spiro atoms. The Labute approximate surface area is 120 Å². The minimum Gasteiger partial charge on any atom is -0.173 e. The monoisotopic (exact) mass is 268 g/mol. The van der Waals surface area contributed by atoms with Crippen molar-refractivity contribution in [1.82, 2.24) is 0 Å². The fraction of sp³-hybridized carbons (Fsp3) is 0.882. The molecule has 0 fully saturated rings. The van der Waals surface area contributed by atoms with Crippen LogP contribution < -0.4 is 0 Å². The normalized spacial score (nSPS) is 27.1. The van der Waals surface area contributed by atoms with Crippen LogP contribution in [0.1, 0.15) is 68.2 Å². The van der Waals surface area contributed by atoms with Gasteiger partial charge in [0.1, 0.15) is 0 Å². The second-order valence-electron chi connectivity index (χ2n) is 8.32. The zero-order chi connectivity index (χ0) is 14.4. The summed E-state index contributed by atoms with van der Waals surface area (Å²) in [6.45, 7) is 18.7. The van der Waals surface area contributed by atoms with Crippen molar-refractivity contribution >= 4 is 12.6 Å². The van der Waals surface area contributed by atoms with Crippen LogP contribution in [0, 0.1) is 22.7 Å². The van der Waals surface area contributed by atoms with E-state index in [0.717, 1.165) is 5.92 Å². The summed E-state index contributed by atoms with van der Waals surface area (Å²) < 4.78 is 0.0686. The maximum absolute atomic E-state index is 4.85. The largest absolute Gasteiger partial charge is 0.173 e. The van der Waals surface area contributed by atoms with Crippen molar-refractivity contribution < 1.29 is 0 Å². The van der Waals surface area contributed by atoms with Crippen molar-refractivity contribution in [3.05, 3.63) is 11.6 Å². The number of thiol groups is 1. The first kappa shape index (κ1) is 16.1. The van der Waals surface area contributed by atoms with E-state index in [1.807, 2.05) is 0 Å². The molecule has 18 heavy (non-hydrogen) atoms. The highest BCUT2D eigenvalue weighted by Gasteiger charge is 2.44. The fourth-order valence-corrected chi connectivity index (χ4v) is 3.34. The molecule has 0 bridgehead atoms. The summed E-state index contributed by atoms with van der Waals surface area (Å²) in [7, 11) is 0. The third kappa shape index (κ3) is 3.15. The van der Waals surface area contributed by atoms with Crippen LogP contribution in [0.15, 0.2) is 11.6 Å². The van der Waals surface area contributed by atoms with Gasteiger partial charge in [-0.25, -0.2) is 0 Å². The van der Waals surface area contributed by atoms with Crippen molar-refractivity contribution in [2.24, 2.45) is 22.7 Å². The summed E-state index contributed by atoms with van der Waals surface area (Å²) in [5, 5.41) is 0. The van der Waals surface area contributed by atoms with Crippen molar-refractivity contribution in [2.45, 2.75) is 73.0 Å². The minimum atomic E-state index is 0.0686. The maximum Gasteiger partial charge on any atom is 0.0127 e. The van der Waals surface area contributed by atoms with E-state index in [1.165, 1.54) is 12.8 Å². The summed E-state index contributed by atoms with van der Waals surface area (Å²) in [5.74, 6) is 1.45. The van der Waals surface area contributed by atoms with Crippen LogP contribution in [0.3, 0.4) is 0 Å². The summed E-state index contributed by atoms with van der Waals surface area (Å²) in [6, 6.07) is 0. The molecule has 0 radical (unpaired) electrons. The van der Waals surface area contributed by atoms with Gasteiger partial charge in [-0.15, -0.1) is 0 Å². The Morgan fingerprint density at radius 2 is 1.56 bits per heavy atom. The molecule has 0 amide bonds. The summed E-state index contributed by atoms with van der Waals surface area (Å²) in [4.78, 5) is 0. The average Bonchev–Trinajstić information content (AvgIpc) is 2.14. The molecule has 1 heteroatoms. The fourth-order valence-electron chi connectivity index (χ4n) is 3.16. The Morgan fingerprint density at radius 3 is 1.94 bits per heavy atom. The summed E-state index contributed by atoms with van der Waals surface area (Å²) in [6.07, 6.45) is 5.00. The van der Waals surface area contributed by atoms with Gasteiger partial charge in [0.2, 0.25) is 0 Å². The van der Waals surface area contributed by atoms with Crippen molar-refractivity contribution in [3.8, 4) is 0 Å². The molecule has 1 aliphatic carbocycles. The highest BCUT2D eigenvalue weighted by molar-refractivity contribution is 7.81. The Morgan fingerprint density at radius 1 is 1.06 bits per heavy atom. The van der Waals surface area contributed by atoms with Gasteiger partial charge in [-0.05, 0) is 42.4 Å². The molecule has 0 N–H and O–H groups in total. The van der Waals surface area contributed by atoms with Crippen molar-refractivity contribution in [2.75, 3.05) is 0 Å². The molecule has 1 aliphatic rings. The van der Waals surface area contributed by atoms with E-state index >= 15 is 0 Å². The molecule has 0 saturated carbocycles. The lowest BCUT2D eigenvalue weighted by Crippen LogP contribution is -2.43. The van der Waals surface area contributed by atoms with Gasteiger partial charge in [-0.1, -0.05) is 60.1 Å². The first-order valence-corrected chi connectivity index (χ1v) is 7.71. The van der Waals surface area contributed by atoms with Crippen LogP contribution in [-0.4, -0.2) is 4.75 Å². The van der Waals surface area contributed by atoms with E-state index in [0.29, 0.717) is 11.3 Å². The lowest BCUT2D eigenvalue weighted by atomic mass is 9.60. The van der Waals surface area contributed by atoms with E-state index in [-0.39, 0.29) is 10.2 Å². The van der Waals surface area contributed by atoms with Crippen LogP contribution in [0.5, 0.6) is 0 Å². The molecule has 0 aromatic carbocycles. The molecule has 0 aliphatic heterocycles. The van der Waals surface area contributed by atoms with Gasteiger partial charge in [-0.3, -0.25) is 0 Å². The predicted octanol–water partition coefficient (Wildman–Crippen LogP) is 5.74. The minimum absolute atomic E-state index is 0.0686. The SMILES string of the molecule is CC1=CCC(C(C)(C)C(C)(C)S)CC1C(C)(C)C. The molecule has 1 rings (SSSR count). The first-order valence-electron chi connectivity index (χ1n) is 7.26. The van der Waals surface area contributed by atoms with Gasteiger partial charge in [0.05, 0.1) is 0 Å². The van der Waals surface area contributed by atoms with Crippen LogP contribution >= 0.6 is 12.6 Å². The van der Waals surface area contributed by atoms with Crippen molar-refractivity contribution in [1.29, 1.82) is 0 Å². The zero-order valence-electron chi connectivity index (χ0n) is 13.6. The number of allylic oxidation sites excluding steroid dienone is 2. The predicted molar refractivity (Wildman–Crippen MR) is 86.3 cm³/mol. The Kier molecular flexibility index (Phi) is 4.38. The molecule has 0 saturated heterocycles. The third-order valence-corrected chi connectivity index (χ3v) is 6.01. The summed E-state index contributed by atoms with van der Waals surface area (Å²) >= 11 is 4.85. The van der Waals surface area contributed by atoms with Gasteiger partial charge in [-0.2, -0.15) is 12.6 Å². The van der Waals surface area contributed by atoms with Gasteiger partial charge in [0.15, 0.2) is 0 Å². The highest BCUT2D eigenvalue weighted by Crippen LogP contribution is 2.51. The lowest BCUT2D eigenvalue weighted by Gasteiger charge is -2.49. The van der Waals surface area contributed by atoms with E-state index in [4.69, 9.17) is 12.6 Å². The van der Waals surface area contributed by atoms with E-state index in [1.54, 1.807) is 5.57 Å². The Bertz CT molecular complexity index is 322. The van der Waals surface area contributed by atoms with Crippen LogP contribution in [0.4, 0.5) is 0 Å². The van der Waals surface area contributed by atoms with Crippen LogP contribution in [-0.2, 0) is 0 Å². The Balaban J connectivity index is 2.98. The number of hydrogen-bond donors (Lipinski definition) is 1. The van der Waals surface area contributed by atoms with Crippen molar-refractivity contribution in [3.63, 3.8) is 0 Å². The number of hydrogen-bond acceptors (Lipinski definition) is 1. The Hall–Kier alpha value is 0.0900. The third-order valence-electron chi connectivity index (χ3n) is 5.44. The molecular formula is C17H32S. The van der Waals surface area contributed by atoms with Gasteiger partial charge < -0.3 is 0 Å². The average molecular weight is 269 g/mol. The molecule has 0 aromatic heterocycles. The zero-order valence-corrected chi connectivity index (χ0v) is 14.5. The maximum atomic E-state index is 4.85. The molecule has 106 valence electrons. The van der Waals surface area contributed by atoms with E-state index in [9.17, 15) is 0 Å². The van der Waals surface area contributed by atoms with Crippen LogP contribution in [0.25, 0.3) is 0 Å².